The molecule has 29 heavy (non-hydrogen) atoms. The van der Waals surface area contributed by atoms with Crippen molar-refractivity contribution in [1.82, 2.24) is 0 Å². The van der Waals surface area contributed by atoms with E-state index in [2.05, 4.69) is 80.5 Å². The van der Waals surface area contributed by atoms with Gasteiger partial charge in [-0.15, -0.1) is 0 Å². The Bertz CT molecular complexity index is 975. The van der Waals surface area contributed by atoms with E-state index < -0.39 is 0 Å². The lowest BCUT2D eigenvalue weighted by molar-refractivity contribution is -0.517. The molecule has 0 bridgehead atoms. The Labute approximate surface area is 174 Å². The molecule has 0 atom stereocenters. The Morgan fingerprint density at radius 3 is 2.21 bits per heavy atom. The highest BCUT2D eigenvalue weighted by atomic mass is 16.5. The minimum atomic E-state index is -0.217. The lowest BCUT2D eigenvalue weighted by Gasteiger charge is -2.19. The van der Waals surface area contributed by atoms with Crippen LogP contribution in [0.15, 0.2) is 48.5 Å². The summed E-state index contributed by atoms with van der Waals surface area (Å²) in [5.41, 5.74) is 5.57. The molecule has 0 saturated heterocycles. The molecule has 0 fully saturated rings. The summed E-state index contributed by atoms with van der Waals surface area (Å²) < 4.78 is 7.50. The highest BCUT2D eigenvalue weighted by molar-refractivity contribution is 6.05. The minimum Gasteiger partial charge on any atom is -0.429 e. The Balaban J connectivity index is 2.07. The third kappa shape index (κ3) is 3.98. The zero-order valence-corrected chi connectivity index (χ0v) is 18.5. The van der Waals surface area contributed by atoms with Gasteiger partial charge >= 0.3 is 0 Å². The predicted molar refractivity (Wildman–Crippen MR) is 121 cm³/mol. The van der Waals surface area contributed by atoms with Gasteiger partial charge in [-0.2, -0.15) is 4.58 Å². The number of anilines is 1. The smallest absolute Gasteiger partial charge is 0.298 e. The first-order valence-electron chi connectivity index (χ1n) is 9.93. The van der Waals surface area contributed by atoms with Crippen molar-refractivity contribution < 1.29 is 14.1 Å². The lowest BCUT2D eigenvalue weighted by atomic mass is 9.81. The molecule has 0 aromatic heterocycles. The number of hydrogen-bond acceptors (Lipinski definition) is 3. The molecule has 1 heterocycles. The summed E-state index contributed by atoms with van der Waals surface area (Å²) in [7, 11) is 4.09. The van der Waals surface area contributed by atoms with Crippen LogP contribution in [0.5, 0.6) is 5.75 Å². The fourth-order valence-electron chi connectivity index (χ4n) is 3.95. The van der Waals surface area contributed by atoms with Crippen LogP contribution in [0.2, 0.25) is 0 Å². The standard InChI is InChI=1S/C25H31N2O2/c1-24(2,3)27-22-14-13-20(29-17-28)16-21(22)25(4,5)23(27)15-10-18-8-11-19(12-9-18)26(6)7/h8-17H,1-7H3/q+1. The van der Waals surface area contributed by atoms with E-state index in [-0.39, 0.29) is 11.0 Å². The van der Waals surface area contributed by atoms with E-state index >= 15 is 0 Å². The van der Waals surface area contributed by atoms with Gasteiger partial charge in [0.05, 0.1) is 5.41 Å². The number of allylic oxidation sites excluding steroid dienone is 1. The lowest BCUT2D eigenvalue weighted by Crippen LogP contribution is -2.35. The molecule has 4 nitrogen and oxygen atoms in total. The van der Waals surface area contributed by atoms with Gasteiger partial charge in [-0.25, -0.2) is 0 Å². The topological polar surface area (TPSA) is 32.5 Å². The number of hydrogen-bond donors (Lipinski definition) is 0. The molecule has 0 aliphatic carbocycles. The van der Waals surface area contributed by atoms with Gasteiger partial charge < -0.3 is 9.64 Å². The van der Waals surface area contributed by atoms with Crippen molar-refractivity contribution >= 4 is 29.6 Å². The molecule has 0 N–H and O–H groups in total. The van der Waals surface area contributed by atoms with E-state index in [0.29, 0.717) is 12.2 Å². The van der Waals surface area contributed by atoms with Crippen LogP contribution in [0.4, 0.5) is 11.4 Å². The van der Waals surface area contributed by atoms with Gasteiger partial charge in [0, 0.05) is 58.3 Å². The molecule has 0 spiro atoms. The summed E-state index contributed by atoms with van der Waals surface area (Å²) in [6, 6.07) is 14.4. The number of rotatable bonds is 5. The first-order valence-corrected chi connectivity index (χ1v) is 9.93. The maximum Gasteiger partial charge on any atom is 0.298 e. The Kier molecular flexibility index (Phi) is 5.40. The van der Waals surface area contributed by atoms with Gasteiger partial charge in [-0.1, -0.05) is 12.1 Å². The fraction of sp³-hybridized carbons (Fsp3) is 0.360. The summed E-state index contributed by atoms with van der Waals surface area (Å²) >= 11 is 0. The SMILES string of the molecule is CN(C)c1ccc(C=CC2=[N+](C(C)(C)C)c3ccc(OC=O)cc3C2(C)C)cc1. The van der Waals surface area contributed by atoms with E-state index in [9.17, 15) is 4.79 Å². The molecule has 0 saturated carbocycles. The van der Waals surface area contributed by atoms with Gasteiger partial charge in [0.25, 0.3) is 6.47 Å². The van der Waals surface area contributed by atoms with Crippen molar-refractivity contribution in [2.75, 3.05) is 19.0 Å². The second-order valence-corrected chi connectivity index (χ2v) is 9.23. The van der Waals surface area contributed by atoms with Crippen LogP contribution in [0, 0.1) is 0 Å². The van der Waals surface area contributed by atoms with E-state index in [0.717, 1.165) is 16.8 Å². The summed E-state index contributed by atoms with van der Waals surface area (Å²) in [5, 5.41) is 0. The van der Waals surface area contributed by atoms with E-state index in [1.807, 2.05) is 32.3 Å². The van der Waals surface area contributed by atoms with Crippen molar-refractivity contribution in [3.8, 4) is 5.75 Å². The number of carbonyl (C=O) groups excluding carboxylic acids is 1. The van der Waals surface area contributed by atoms with Crippen molar-refractivity contribution in [3.63, 3.8) is 0 Å². The van der Waals surface area contributed by atoms with E-state index in [4.69, 9.17) is 4.74 Å². The second-order valence-electron chi connectivity index (χ2n) is 9.23. The molecule has 0 unspecified atom stereocenters. The number of ether oxygens (including phenoxy) is 1. The average Bonchev–Trinajstić information content (AvgIpc) is 2.87. The quantitative estimate of drug-likeness (QED) is 0.520. The number of fused-ring (bicyclic) bond motifs is 1. The monoisotopic (exact) mass is 391 g/mol. The second kappa shape index (κ2) is 7.51. The van der Waals surface area contributed by atoms with Crippen LogP contribution in [0.1, 0.15) is 45.7 Å². The van der Waals surface area contributed by atoms with Crippen molar-refractivity contribution in [2.45, 2.75) is 45.6 Å². The molecule has 0 radical (unpaired) electrons. The first kappa shape index (κ1) is 20.8. The van der Waals surface area contributed by atoms with Crippen molar-refractivity contribution in [2.24, 2.45) is 0 Å². The molecule has 0 amide bonds. The van der Waals surface area contributed by atoms with Crippen LogP contribution in [-0.2, 0) is 10.2 Å². The summed E-state index contributed by atoms with van der Waals surface area (Å²) in [4.78, 5) is 12.9. The van der Waals surface area contributed by atoms with Gasteiger partial charge in [0.1, 0.15) is 5.75 Å². The third-order valence-electron chi connectivity index (χ3n) is 5.46. The first-order chi connectivity index (χ1) is 13.6. The highest BCUT2D eigenvalue weighted by Crippen LogP contribution is 2.44. The molecular formula is C25H31N2O2+. The Morgan fingerprint density at radius 2 is 1.66 bits per heavy atom. The Hall–Kier alpha value is -2.88. The zero-order valence-electron chi connectivity index (χ0n) is 18.5. The molecule has 1 aliphatic rings. The van der Waals surface area contributed by atoms with Crippen molar-refractivity contribution in [1.29, 1.82) is 0 Å². The summed E-state index contributed by atoms with van der Waals surface area (Å²) in [6.45, 7) is 11.6. The molecule has 2 aromatic rings. The predicted octanol–water partition coefficient (Wildman–Crippen LogP) is 5.18. The molecule has 1 aliphatic heterocycles. The van der Waals surface area contributed by atoms with E-state index in [1.54, 1.807) is 0 Å². The fourth-order valence-corrected chi connectivity index (χ4v) is 3.95. The third-order valence-corrected chi connectivity index (χ3v) is 5.46. The summed E-state index contributed by atoms with van der Waals surface area (Å²) in [5.74, 6) is 0.574. The molecule has 4 heteroatoms. The highest BCUT2D eigenvalue weighted by Gasteiger charge is 2.48. The number of benzene rings is 2. The number of nitrogens with zero attached hydrogens (tertiary/aromatic N) is 2. The van der Waals surface area contributed by atoms with Crippen molar-refractivity contribution in [3.05, 3.63) is 59.7 Å². The van der Waals surface area contributed by atoms with Gasteiger partial charge in [-0.3, -0.25) is 4.79 Å². The molecule has 152 valence electrons. The van der Waals surface area contributed by atoms with Crippen LogP contribution in [0.3, 0.4) is 0 Å². The molecular weight excluding hydrogens is 360 g/mol. The minimum absolute atomic E-state index is 0.0932. The van der Waals surface area contributed by atoms with Crippen LogP contribution < -0.4 is 9.64 Å². The van der Waals surface area contributed by atoms with Gasteiger partial charge in [0.2, 0.25) is 5.69 Å². The maximum atomic E-state index is 10.8. The molecule has 2 aromatic carbocycles. The number of carbonyl (C=O) groups is 1. The van der Waals surface area contributed by atoms with Crippen LogP contribution >= 0.6 is 0 Å². The average molecular weight is 392 g/mol. The van der Waals surface area contributed by atoms with Crippen LogP contribution in [0.25, 0.3) is 6.08 Å². The zero-order chi connectivity index (χ0) is 21.4. The normalized spacial score (nSPS) is 15.6. The van der Waals surface area contributed by atoms with Gasteiger partial charge in [0.15, 0.2) is 11.3 Å². The molecule has 3 rings (SSSR count). The largest absolute Gasteiger partial charge is 0.429 e. The van der Waals surface area contributed by atoms with Crippen LogP contribution in [-0.4, -0.2) is 36.4 Å². The Morgan fingerprint density at radius 1 is 1.00 bits per heavy atom. The van der Waals surface area contributed by atoms with E-state index in [1.165, 1.54) is 11.4 Å². The van der Waals surface area contributed by atoms with Gasteiger partial charge in [-0.05, 0) is 49.8 Å². The maximum absolute atomic E-state index is 10.8. The summed E-state index contributed by atoms with van der Waals surface area (Å²) in [6.07, 6.45) is 4.39.